The lowest BCUT2D eigenvalue weighted by atomic mass is 9.99. The molecule has 3 N–H and O–H groups in total. The van der Waals surface area contributed by atoms with Crippen LogP contribution in [0.1, 0.15) is 370 Å². The van der Waals surface area contributed by atoms with Crippen molar-refractivity contribution >= 4 is 39.5 Å². The molecular formula is C74H144O17P2. The predicted octanol–water partition coefficient (Wildman–Crippen LogP) is 21.3. The summed E-state index contributed by atoms with van der Waals surface area (Å²) in [5, 5.41) is 10.6. The molecule has 19 heteroatoms. The maximum atomic E-state index is 13.0. The van der Waals surface area contributed by atoms with Gasteiger partial charge in [-0.05, 0) is 49.4 Å². The molecule has 0 saturated carbocycles. The molecule has 0 spiro atoms. The van der Waals surface area contributed by atoms with Gasteiger partial charge in [0.2, 0.25) is 0 Å². The van der Waals surface area contributed by atoms with E-state index in [0.717, 1.165) is 114 Å². The fraction of sp³-hybridized carbons (Fsp3) is 0.946. The Morgan fingerprint density at radius 2 is 0.516 bits per heavy atom. The molecule has 0 fully saturated rings. The van der Waals surface area contributed by atoms with Crippen LogP contribution in [0.2, 0.25) is 0 Å². The van der Waals surface area contributed by atoms with Crippen LogP contribution in [0.4, 0.5) is 0 Å². The van der Waals surface area contributed by atoms with E-state index in [2.05, 4.69) is 55.4 Å². The Labute approximate surface area is 568 Å². The third-order valence-electron chi connectivity index (χ3n) is 17.8. The number of ether oxygens (including phenoxy) is 4. The Hall–Kier alpha value is -1.94. The van der Waals surface area contributed by atoms with Gasteiger partial charge < -0.3 is 33.8 Å². The molecule has 0 aromatic carbocycles. The summed E-state index contributed by atoms with van der Waals surface area (Å²) in [5.74, 6) is 0.888. The molecule has 93 heavy (non-hydrogen) atoms. The highest BCUT2D eigenvalue weighted by Gasteiger charge is 2.30. The second-order valence-corrected chi connectivity index (χ2v) is 31.0. The van der Waals surface area contributed by atoms with Crippen molar-refractivity contribution in [3.63, 3.8) is 0 Å². The zero-order valence-corrected chi connectivity index (χ0v) is 62.7. The summed E-state index contributed by atoms with van der Waals surface area (Å²) in [6.45, 7) is 14.1. The lowest BCUT2D eigenvalue weighted by Crippen LogP contribution is -2.30. The summed E-state index contributed by atoms with van der Waals surface area (Å²) >= 11 is 0. The molecule has 552 valence electrons. The number of carbonyl (C=O) groups is 4. The molecule has 0 aromatic heterocycles. The number of esters is 4. The fourth-order valence-corrected chi connectivity index (χ4v) is 12.7. The highest BCUT2D eigenvalue weighted by atomic mass is 31.2. The lowest BCUT2D eigenvalue weighted by Gasteiger charge is -2.21. The Balaban J connectivity index is 5.15. The molecule has 0 aliphatic heterocycles. The van der Waals surface area contributed by atoms with Gasteiger partial charge in [0.1, 0.15) is 19.3 Å². The summed E-state index contributed by atoms with van der Waals surface area (Å²) in [7, 11) is -9.91. The SMILES string of the molecule is CCC(C)CCCCCCCCCCC(=O)O[C@H](COC(=O)CCCCCCCCCC(C)C)COP(=O)(O)OCC(O)COP(=O)(O)OC[C@@H](COC(=O)CCCCCCCCCCCCCCCCCCCCC(C)C)OC(=O)CCCCCCCCC(C)CC. The van der Waals surface area contributed by atoms with Crippen LogP contribution in [-0.4, -0.2) is 96.7 Å². The Morgan fingerprint density at radius 1 is 0.301 bits per heavy atom. The molecule has 0 saturated heterocycles. The van der Waals surface area contributed by atoms with Gasteiger partial charge in [0.15, 0.2) is 12.2 Å². The van der Waals surface area contributed by atoms with Gasteiger partial charge in [-0.25, -0.2) is 9.13 Å². The van der Waals surface area contributed by atoms with E-state index < -0.39 is 97.5 Å². The van der Waals surface area contributed by atoms with Gasteiger partial charge in [-0.3, -0.25) is 37.3 Å². The first-order valence-corrected chi connectivity index (χ1v) is 41.3. The smallest absolute Gasteiger partial charge is 0.462 e. The molecule has 17 nitrogen and oxygen atoms in total. The van der Waals surface area contributed by atoms with Gasteiger partial charge in [-0.15, -0.1) is 0 Å². The van der Waals surface area contributed by atoms with E-state index >= 15 is 0 Å². The Kier molecular flexibility index (Phi) is 62.2. The van der Waals surface area contributed by atoms with Crippen molar-refractivity contribution in [1.29, 1.82) is 0 Å². The van der Waals surface area contributed by atoms with Crippen LogP contribution < -0.4 is 0 Å². The zero-order chi connectivity index (χ0) is 68.9. The number of carbonyl (C=O) groups excluding carboxylic acids is 4. The molecule has 0 bridgehead atoms. The summed E-state index contributed by atoms with van der Waals surface area (Å²) in [4.78, 5) is 72.6. The minimum atomic E-state index is -4.95. The largest absolute Gasteiger partial charge is 0.472 e. The van der Waals surface area contributed by atoms with E-state index in [1.165, 1.54) is 167 Å². The summed E-state index contributed by atoms with van der Waals surface area (Å²) in [5.41, 5.74) is 0. The fourth-order valence-electron chi connectivity index (χ4n) is 11.1. The summed E-state index contributed by atoms with van der Waals surface area (Å²) < 4.78 is 68.3. The second-order valence-electron chi connectivity index (χ2n) is 28.1. The third kappa shape index (κ3) is 65.8. The van der Waals surface area contributed by atoms with Crippen LogP contribution >= 0.6 is 15.6 Å². The molecule has 0 aromatic rings. The summed E-state index contributed by atoms with van der Waals surface area (Å²) in [6, 6.07) is 0. The van der Waals surface area contributed by atoms with E-state index in [4.69, 9.17) is 37.0 Å². The highest BCUT2D eigenvalue weighted by molar-refractivity contribution is 7.47. The molecule has 7 atom stereocenters. The van der Waals surface area contributed by atoms with Gasteiger partial charge in [0.05, 0.1) is 26.4 Å². The standard InChI is InChI=1S/C74H144O17P2/c1-9-66(7)52-44-36-28-23-24-30-40-48-56-73(78)90-69(60-85-72(77)55-47-39-31-25-27-35-43-51-65(5)6)62-88-92(80,81)86-58-68(75)59-87-93(82,83)89-63-70(91-74(79)57-49-41-33-32-37-45-53-67(8)10-2)61-84-71(76)54-46-38-29-22-20-18-16-14-12-11-13-15-17-19-21-26-34-42-50-64(3)4/h64-70,75H,9-63H2,1-8H3,(H,80,81)(H,82,83)/t66?,67?,68?,69-,70-/m1/s1. The minimum absolute atomic E-state index is 0.103. The van der Waals surface area contributed by atoms with Crippen LogP contribution in [-0.2, 0) is 65.4 Å². The number of rotatable bonds is 71. The van der Waals surface area contributed by atoms with Crippen molar-refractivity contribution < 1.29 is 80.2 Å². The van der Waals surface area contributed by atoms with E-state index in [9.17, 15) is 43.2 Å². The van der Waals surface area contributed by atoms with Crippen LogP contribution in [0, 0.1) is 23.7 Å². The zero-order valence-electron chi connectivity index (χ0n) is 60.9. The number of unbranched alkanes of at least 4 members (excludes halogenated alkanes) is 35. The van der Waals surface area contributed by atoms with E-state index in [1.54, 1.807) is 0 Å². The number of aliphatic hydroxyl groups is 1. The summed E-state index contributed by atoms with van der Waals surface area (Å²) in [6.07, 6.45) is 47.5. The van der Waals surface area contributed by atoms with Crippen LogP contribution in [0.5, 0.6) is 0 Å². The quantitative estimate of drug-likeness (QED) is 0.0222. The maximum Gasteiger partial charge on any atom is 0.472 e. The Morgan fingerprint density at radius 3 is 0.763 bits per heavy atom. The molecule has 0 amide bonds. The highest BCUT2D eigenvalue weighted by Crippen LogP contribution is 2.45. The number of aliphatic hydroxyl groups excluding tert-OH is 1. The monoisotopic (exact) mass is 1370 g/mol. The van der Waals surface area contributed by atoms with Crippen molar-refractivity contribution in [3.05, 3.63) is 0 Å². The number of hydrogen-bond acceptors (Lipinski definition) is 15. The predicted molar refractivity (Wildman–Crippen MR) is 377 cm³/mol. The minimum Gasteiger partial charge on any atom is -0.462 e. The molecule has 0 aliphatic carbocycles. The topological polar surface area (TPSA) is 237 Å². The molecule has 0 radical (unpaired) electrons. The first-order chi connectivity index (χ1) is 44.7. The molecular weight excluding hydrogens is 1220 g/mol. The average molecular weight is 1370 g/mol. The van der Waals surface area contributed by atoms with Gasteiger partial charge in [-0.1, -0.05) is 319 Å². The molecule has 5 unspecified atom stereocenters. The molecule has 0 heterocycles. The van der Waals surface area contributed by atoms with E-state index in [-0.39, 0.29) is 25.7 Å². The third-order valence-corrected chi connectivity index (χ3v) is 19.7. The van der Waals surface area contributed by atoms with E-state index in [0.29, 0.717) is 31.6 Å². The van der Waals surface area contributed by atoms with Crippen molar-refractivity contribution in [2.45, 2.75) is 388 Å². The molecule has 0 aliphatic rings. The number of hydrogen-bond donors (Lipinski definition) is 3. The van der Waals surface area contributed by atoms with Crippen LogP contribution in [0.15, 0.2) is 0 Å². The lowest BCUT2D eigenvalue weighted by molar-refractivity contribution is -0.161. The first kappa shape index (κ1) is 91.1. The normalized spacial score (nSPS) is 14.8. The van der Waals surface area contributed by atoms with Crippen molar-refractivity contribution in [3.8, 4) is 0 Å². The van der Waals surface area contributed by atoms with Gasteiger partial charge in [-0.2, -0.15) is 0 Å². The van der Waals surface area contributed by atoms with Crippen LogP contribution in [0.25, 0.3) is 0 Å². The van der Waals surface area contributed by atoms with Gasteiger partial charge >= 0.3 is 39.5 Å². The van der Waals surface area contributed by atoms with E-state index in [1.807, 2.05) is 0 Å². The van der Waals surface area contributed by atoms with Crippen molar-refractivity contribution in [2.24, 2.45) is 23.7 Å². The molecule has 0 rings (SSSR count). The van der Waals surface area contributed by atoms with Crippen molar-refractivity contribution in [1.82, 2.24) is 0 Å². The average Bonchev–Trinajstić information content (AvgIpc) is 2.13. The second kappa shape index (κ2) is 63.5. The van der Waals surface area contributed by atoms with Crippen molar-refractivity contribution in [2.75, 3.05) is 39.6 Å². The Bertz CT molecular complexity index is 1840. The van der Waals surface area contributed by atoms with Gasteiger partial charge in [0, 0.05) is 25.7 Å². The number of phosphoric acid groups is 2. The van der Waals surface area contributed by atoms with Gasteiger partial charge in [0.25, 0.3) is 0 Å². The first-order valence-electron chi connectivity index (χ1n) is 38.3. The van der Waals surface area contributed by atoms with Crippen LogP contribution in [0.3, 0.4) is 0 Å². The number of phosphoric ester groups is 2. The maximum absolute atomic E-state index is 13.0.